The maximum Gasteiger partial charge on any atom is 0.231 e. The van der Waals surface area contributed by atoms with Gasteiger partial charge in [-0.3, -0.25) is 4.79 Å². The first kappa shape index (κ1) is 19.9. The molecule has 0 saturated heterocycles. The Bertz CT molecular complexity index is 1580. The number of nitriles is 1. The second-order valence-electron chi connectivity index (χ2n) is 7.88. The van der Waals surface area contributed by atoms with Crippen molar-refractivity contribution in [2.75, 3.05) is 6.79 Å². The molecule has 2 heterocycles. The molecular weight excluding hydrogens is 431 g/mol. The fraction of sp³-hybridized carbons (Fsp3) is 0.0357. The molecule has 0 unspecified atom stereocenters. The van der Waals surface area contributed by atoms with Crippen molar-refractivity contribution in [2.45, 2.75) is 0 Å². The quantitative estimate of drug-likeness (QED) is 0.347. The Kier molecular flexibility index (Phi) is 4.49. The van der Waals surface area contributed by atoms with Gasteiger partial charge in [-0.1, -0.05) is 48.5 Å². The summed E-state index contributed by atoms with van der Waals surface area (Å²) >= 11 is 0. The van der Waals surface area contributed by atoms with Gasteiger partial charge in [-0.05, 0) is 35.9 Å². The molecule has 4 aromatic rings. The van der Waals surface area contributed by atoms with E-state index in [9.17, 15) is 14.4 Å². The van der Waals surface area contributed by atoms with Gasteiger partial charge in [-0.15, -0.1) is 0 Å². The van der Waals surface area contributed by atoms with Crippen LogP contribution in [0.5, 0.6) is 11.5 Å². The Morgan fingerprint density at radius 1 is 0.912 bits per heavy atom. The minimum Gasteiger partial charge on any atom is -0.454 e. The van der Waals surface area contributed by atoms with E-state index in [0.717, 1.165) is 0 Å². The third-order valence-corrected chi connectivity index (χ3v) is 5.98. The van der Waals surface area contributed by atoms with Crippen molar-refractivity contribution >= 4 is 17.9 Å². The molecule has 34 heavy (non-hydrogen) atoms. The molecule has 6 rings (SSSR count). The zero-order valence-electron chi connectivity index (χ0n) is 17.7. The first-order valence-corrected chi connectivity index (χ1v) is 10.6. The number of hydrogen-bond donors (Lipinski definition) is 0. The van der Waals surface area contributed by atoms with Crippen LogP contribution >= 0.6 is 0 Å². The summed E-state index contributed by atoms with van der Waals surface area (Å²) in [6.07, 6.45) is 3.19. The second kappa shape index (κ2) is 7.68. The fourth-order valence-corrected chi connectivity index (χ4v) is 4.40. The number of fused-ring (bicyclic) bond motifs is 4. The van der Waals surface area contributed by atoms with E-state index in [1.165, 1.54) is 6.07 Å². The van der Waals surface area contributed by atoms with Crippen LogP contribution < -0.4 is 9.47 Å². The lowest BCUT2D eigenvalue weighted by Gasteiger charge is -2.13. The number of carbonyl (C=O) groups excluding carboxylic acids is 1. The van der Waals surface area contributed by atoms with Gasteiger partial charge in [0, 0.05) is 22.3 Å². The number of halogens is 1. The highest BCUT2D eigenvalue weighted by atomic mass is 19.1. The lowest BCUT2D eigenvalue weighted by atomic mass is 9.91. The van der Waals surface area contributed by atoms with E-state index in [4.69, 9.17) is 14.5 Å². The van der Waals surface area contributed by atoms with Crippen LogP contribution in [0.2, 0.25) is 0 Å². The highest BCUT2D eigenvalue weighted by Crippen LogP contribution is 2.45. The van der Waals surface area contributed by atoms with E-state index in [0.29, 0.717) is 56.3 Å². The molecule has 2 aliphatic rings. The summed E-state index contributed by atoms with van der Waals surface area (Å²) in [6.45, 7) is 0.110. The van der Waals surface area contributed by atoms with Gasteiger partial charge < -0.3 is 9.47 Å². The number of rotatable bonds is 3. The van der Waals surface area contributed by atoms with Crippen molar-refractivity contribution in [3.05, 3.63) is 100 Å². The van der Waals surface area contributed by atoms with Gasteiger partial charge in [-0.2, -0.15) is 5.26 Å². The normalized spacial score (nSPS) is 13.1. The summed E-state index contributed by atoms with van der Waals surface area (Å²) < 4.78 is 25.2. The average molecular weight is 446 g/mol. The standard InChI is InChI=1S/C28H15FN2O3/c29-21-8-4-1-5-16(21)9-11-22-20(14-30)25(17-10-12-23-24(13-17)34-15-33-23)26-27(31-22)18-6-2-3-7-19(18)28(26)32/h1-13H,15H2. The van der Waals surface area contributed by atoms with Crippen molar-refractivity contribution in [3.63, 3.8) is 0 Å². The van der Waals surface area contributed by atoms with Crippen molar-refractivity contribution in [2.24, 2.45) is 0 Å². The number of pyridine rings is 1. The Hall–Kier alpha value is -4.76. The van der Waals surface area contributed by atoms with Crippen LogP contribution in [0.1, 0.15) is 32.7 Å². The van der Waals surface area contributed by atoms with E-state index in [1.807, 2.05) is 12.1 Å². The Labute approximate surface area is 194 Å². The molecule has 3 aromatic carbocycles. The molecule has 1 aliphatic heterocycles. The van der Waals surface area contributed by atoms with Crippen LogP contribution in [0, 0.1) is 17.1 Å². The summed E-state index contributed by atoms with van der Waals surface area (Å²) in [5, 5.41) is 10.2. The van der Waals surface area contributed by atoms with Crippen molar-refractivity contribution in [1.29, 1.82) is 5.26 Å². The highest BCUT2D eigenvalue weighted by molar-refractivity contribution is 6.24. The number of ether oxygens (including phenoxy) is 2. The van der Waals surface area contributed by atoms with Gasteiger partial charge in [0.05, 0.1) is 22.5 Å². The first-order chi connectivity index (χ1) is 16.7. The zero-order valence-corrected chi connectivity index (χ0v) is 17.7. The molecule has 0 spiro atoms. The molecular formula is C28H15FN2O3. The van der Waals surface area contributed by atoms with Crippen LogP contribution in [-0.4, -0.2) is 17.6 Å². The predicted octanol–water partition coefficient (Wildman–Crippen LogP) is 5.87. The third kappa shape index (κ3) is 2.99. The summed E-state index contributed by atoms with van der Waals surface area (Å²) in [5.41, 5.74) is 4.17. The van der Waals surface area contributed by atoms with Crippen LogP contribution in [0.3, 0.4) is 0 Å². The number of carbonyl (C=O) groups is 1. The molecule has 1 aromatic heterocycles. The highest BCUT2D eigenvalue weighted by Gasteiger charge is 2.34. The zero-order chi connectivity index (χ0) is 23.2. The second-order valence-corrected chi connectivity index (χ2v) is 7.88. The SMILES string of the molecule is N#Cc1c(C=Cc2ccccc2F)nc2c(c1-c1ccc3c(c1)OCO3)C(=O)c1ccccc1-2. The molecule has 1 aliphatic carbocycles. The van der Waals surface area contributed by atoms with Gasteiger partial charge in [0.1, 0.15) is 11.9 Å². The van der Waals surface area contributed by atoms with Gasteiger partial charge in [0.2, 0.25) is 6.79 Å². The van der Waals surface area contributed by atoms with Crippen LogP contribution in [-0.2, 0) is 0 Å². The molecule has 0 atom stereocenters. The lowest BCUT2D eigenvalue weighted by Crippen LogP contribution is -2.04. The van der Waals surface area contributed by atoms with Crippen LogP contribution in [0.25, 0.3) is 34.5 Å². The summed E-state index contributed by atoms with van der Waals surface area (Å²) in [5.74, 6) is 0.572. The van der Waals surface area contributed by atoms with Crippen LogP contribution in [0.15, 0.2) is 66.7 Å². The summed E-state index contributed by atoms with van der Waals surface area (Å²) in [4.78, 5) is 18.2. The minimum absolute atomic E-state index is 0.110. The lowest BCUT2D eigenvalue weighted by molar-refractivity contribution is 0.104. The topological polar surface area (TPSA) is 72.2 Å². The smallest absolute Gasteiger partial charge is 0.231 e. The number of hydrogen-bond acceptors (Lipinski definition) is 5. The average Bonchev–Trinajstić information content (AvgIpc) is 3.45. The van der Waals surface area contributed by atoms with Gasteiger partial charge >= 0.3 is 0 Å². The van der Waals surface area contributed by atoms with Crippen LogP contribution in [0.4, 0.5) is 4.39 Å². The Balaban J connectivity index is 1.63. The Morgan fingerprint density at radius 3 is 2.50 bits per heavy atom. The van der Waals surface area contributed by atoms with Gasteiger partial charge in [0.15, 0.2) is 17.3 Å². The number of nitrogens with zero attached hydrogens (tertiary/aromatic N) is 2. The minimum atomic E-state index is -0.380. The monoisotopic (exact) mass is 446 g/mol. The molecule has 6 heteroatoms. The number of aromatic nitrogens is 1. The molecule has 0 bridgehead atoms. The van der Waals surface area contributed by atoms with E-state index < -0.39 is 0 Å². The molecule has 0 N–H and O–H groups in total. The van der Waals surface area contributed by atoms with E-state index in [2.05, 4.69) is 6.07 Å². The first-order valence-electron chi connectivity index (χ1n) is 10.6. The fourth-order valence-electron chi connectivity index (χ4n) is 4.40. The molecule has 162 valence electrons. The van der Waals surface area contributed by atoms with Crippen molar-refractivity contribution in [3.8, 4) is 40.0 Å². The van der Waals surface area contributed by atoms with E-state index >= 15 is 0 Å². The van der Waals surface area contributed by atoms with E-state index in [1.54, 1.807) is 60.7 Å². The number of benzene rings is 3. The molecule has 0 fully saturated rings. The van der Waals surface area contributed by atoms with E-state index in [-0.39, 0.29) is 24.0 Å². The molecule has 5 nitrogen and oxygen atoms in total. The molecule has 0 radical (unpaired) electrons. The Morgan fingerprint density at radius 2 is 1.68 bits per heavy atom. The van der Waals surface area contributed by atoms with Crippen molar-refractivity contribution in [1.82, 2.24) is 4.98 Å². The predicted molar refractivity (Wildman–Crippen MR) is 125 cm³/mol. The maximum atomic E-state index is 14.2. The molecule has 0 amide bonds. The maximum absolute atomic E-state index is 14.2. The largest absolute Gasteiger partial charge is 0.454 e. The van der Waals surface area contributed by atoms with Gasteiger partial charge in [0.25, 0.3) is 0 Å². The number of ketones is 1. The van der Waals surface area contributed by atoms with Crippen molar-refractivity contribution < 1.29 is 18.7 Å². The molecule has 0 saturated carbocycles. The third-order valence-electron chi connectivity index (χ3n) is 5.98. The summed E-state index contributed by atoms with van der Waals surface area (Å²) in [7, 11) is 0. The van der Waals surface area contributed by atoms with Gasteiger partial charge in [-0.25, -0.2) is 9.37 Å². The summed E-state index contributed by atoms with van der Waals surface area (Å²) in [6, 6.07) is 21.1.